The first-order chi connectivity index (χ1) is 18.0. The lowest BCUT2D eigenvalue weighted by molar-refractivity contribution is 0.0697. The Morgan fingerprint density at radius 2 is 1.49 bits per heavy atom. The van der Waals surface area contributed by atoms with Crippen molar-refractivity contribution < 1.29 is 14.7 Å². The number of hydrogen-bond donors (Lipinski definition) is 1. The van der Waals surface area contributed by atoms with Gasteiger partial charge in [-0.25, -0.2) is 14.2 Å². The van der Waals surface area contributed by atoms with Gasteiger partial charge in [0.1, 0.15) is 0 Å². The van der Waals surface area contributed by atoms with E-state index in [0.29, 0.717) is 12.1 Å². The lowest BCUT2D eigenvalue weighted by atomic mass is 9.87. The summed E-state index contributed by atoms with van der Waals surface area (Å²) >= 11 is 0. The molecule has 1 heterocycles. The molecule has 1 saturated carbocycles. The number of hydrogen-bond acceptors (Lipinski definition) is 3. The summed E-state index contributed by atoms with van der Waals surface area (Å²) in [6, 6.07) is 24.0. The van der Waals surface area contributed by atoms with Crippen LogP contribution in [-0.4, -0.2) is 26.1 Å². The third-order valence-corrected chi connectivity index (χ3v) is 7.26. The molecule has 37 heavy (non-hydrogen) atoms. The summed E-state index contributed by atoms with van der Waals surface area (Å²) in [5.74, 6) is -0.938. The molecule has 0 spiro atoms. The van der Waals surface area contributed by atoms with Crippen LogP contribution in [0.4, 0.5) is 0 Å². The predicted molar refractivity (Wildman–Crippen MR) is 143 cm³/mol. The second kappa shape index (κ2) is 10.8. The van der Waals surface area contributed by atoms with E-state index >= 15 is 0 Å². The van der Waals surface area contributed by atoms with Gasteiger partial charge in [0.15, 0.2) is 0 Å². The van der Waals surface area contributed by atoms with Crippen molar-refractivity contribution in [1.82, 2.24) is 9.13 Å². The number of carboxylic acid groups (broad SMARTS) is 1. The molecule has 188 valence electrons. The SMILES string of the molecule is O=C(O)c1ccccc1-c1ccc(Cn2c(C3CCCCC3)cn(C(=O)Cc3ccccc3)c2=O)cc1. The molecule has 4 aromatic rings. The van der Waals surface area contributed by atoms with Gasteiger partial charge in [-0.05, 0) is 41.2 Å². The van der Waals surface area contributed by atoms with Crippen LogP contribution in [0.2, 0.25) is 0 Å². The first-order valence-corrected chi connectivity index (χ1v) is 12.8. The van der Waals surface area contributed by atoms with Crippen LogP contribution in [0.1, 0.15) is 70.0 Å². The summed E-state index contributed by atoms with van der Waals surface area (Å²) in [7, 11) is 0. The second-order valence-corrected chi connectivity index (χ2v) is 9.73. The molecule has 3 aromatic carbocycles. The first kappa shape index (κ1) is 24.5. The number of carbonyl (C=O) groups excluding carboxylic acids is 1. The highest BCUT2D eigenvalue weighted by atomic mass is 16.4. The van der Waals surface area contributed by atoms with E-state index in [0.717, 1.165) is 48.1 Å². The van der Waals surface area contributed by atoms with E-state index in [1.165, 1.54) is 11.0 Å². The standard InChI is InChI=1S/C31H30N2O4/c34-29(19-22-9-3-1-4-10-22)33-21-28(25-11-5-2-6-12-25)32(31(33)37)20-23-15-17-24(18-16-23)26-13-7-8-14-27(26)30(35)36/h1,3-4,7-10,13-18,21,25H,2,5-6,11-12,19-20H2,(H,35,36). The topological polar surface area (TPSA) is 81.3 Å². The highest BCUT2D eigenvalue weighted by Gasteiger charge is 2.24. The molecule has 0 aliphatic heterocycles. The Hall–Kier alpha value is -4.19. The number of benzene rings is 3. The molecular weight excluding hydrogens is 464 g/mol. The van der Waals surface area contributed by atoms with E-state index in [-0.39, 0.29) is 29.5 Å². The van der Waals surface area contributed by atoms with Crippen LogP contribution in [0.5, 0.6) is 0 Å². The van der Waals surface area contributed by atoms with Crippen LogP contribution in [0.15, 0.2) is 89.9 Å². The van der Waals surface area contributed by atoms with Crippen molar-refractivity contribution in [3.05, 3.63) is 118 Å². The van der Waals surface area contributed by atoms with Crippen molar-refractivity contribution in [2.45, 2.75) is 51.0 Å². The van der Waals surface area contributed by atoms with Crippen molar-refractivity contribution >= 4 is 11.9 Å². The summed E-state index contributed by atoms with van der Waals surface area (Å²) in [6.45, 7) is 0.358. The van der Waals surface area contributed by atoms with Crippen molar-refractivity contribution in [1.29, 1.82) is 0 Å². The quantitative estimate of drug-likeness (QED) is 0.342. The maximum atomic E-state index is 13.5. The van der Waals surface area contributed by atoms with Crippen molar-refractivity contribution in [2.24, 2.45) is 0 Å². The fourth-order valence-electron chi connectivity index (χ4n) is 5.31. The maximum absolute atomic E-state index is 13.5. The van der Waals surface area contributed by atoms with Gasteiger partial charge in [0, 0.05) is 17.8 Å². The van der Waals surface area contributed by atoms with Crippen LogP contribution in [0, 0.1) is 0 Å². The molecule has 0 saturated heterocycles. The summed E-state index contributed by atoms with van der Waals surface area (Å²) < 4.78 is 3.04. The third kappa shape index (κ3) is 5.33. The number of carbonyl (C=O) groups is 2. The lowest BCUT2D eigenvalue weighted by Crippen LogP contribution is -2.30. The smallest absolute Gasteiger partial charge is 0.336 e. The average Bonchev–Trinajstić information content (AvgIpc) is 3.26. The van der Waals surface area contributed by atoms with Gasteiger partial charge in [0.25, 0.3) is 0 Å². The molecule has 1 aromatic heterocycles. The number of nitrogens with zero attached hydrogens (tertiary/aromatic N) is 2. The van der Waals surface area contributed by atoms with Crippen LogP contribution in [0.3, 0.4) is 0 Å². The molecule has 5 rings (SSSR count). The summed E-state index contributed by atoms with van der Waals surface area (Å²) in [5, 5.41) is 9.53. The number of rotatable bonds is 7. The number of imidazole rings is 1. The minimum atomic E-state index is -0.968. The van der Waals surface area contributed by atoms with E-state index in [2.05, 4.69) is 0 Å². The number of carboxylic acids is 1. The fourth-order valence-corrected chi connectivity index (χ4v) is 5.31. The number of aromatic carboxylic acids is 1. The van der Waals surface area contributed by atoms with Crippen molar-refractivity contribution in [3.63, 3.8) is 0 Å². The lowest BCUT2D eigenvalue weighted by Gasteiger charge is -2.22. The third-order valence-electron chi connectivity index (χ3n) is 7.26. The Kier molecular flexibility index (Phi) is 7.17. The molecular formula is C31H30N2O4. The van der Waals surface area contributed by atoms with Crippen molar-refractivity contribution in [3.8, 4) is 11.1 Å². The van der Waals surface area contributed by atoms with Crippen LogP contribution in [0.25, 0.3) is 11.1 Å². The fraction of sp³-hybridized carbons (Fsp3) is 0.258. The predicted octanol–water partition coefficient (Wildman–Crippen LogP) is 5.99. The van der Waals surface area contributed by atoms with E-state index < -0.39 is 5.97 Å². The maximum Gasteiger partial charge on any atom is 0.336 e. The van der Waals surface area contributed by atoms with E-state index in [9.17, 15) is 19.5 Å². The average molecular weight is 495 g/mol. The highest BCUT2D eigenvalue weighted by Crippen LogP contribution is 2.32. The molecule has 0 amide bonds. The zero-order chi connectivity index (χ0) is 25.8. The minimum Gasteiger partial charge on any atom is -0.478 e. The molecule has 1 aliphatic carbocycles. The van der Waals surface area contributed by atoms with E-state index in [4.69, 9.17) is 0 Å². The van der Waals surface area contributed by atoms with Crippen molar-refractivity contribution in [2.75, 3.05) is 0 Å². The highest BCUT2D eigenvalue weighted by molar-refractivity contribution is 5.96. The number of aromatic nitrogens is 2. The molecule has 0 radical (unpaired) electrons. The van der Waals surface area contributed by atoms with Gasteiger partial charge in [-0.2, -0.15) is 0 Å². The van der Waals surface area contributed by atoms with Gasteiger partial charge < -0.3 is 5.11 Å². The van der Waals surface area contributed by atoms with Gasteiger partial charge in [0.2, 0.25) is 5.91 Å². The Morgan fingerprint density at radius 1 is 0.811 bits per heavy atom. The zero-order valence-corrected chi connectivity index (χ0v) is 20.7. The minimum absolute atomic E-state index is 0.173. The Bertz CT molecular complexity index is 1460. The van der Waals surface area contributed by atoms with E-state index in [1.54, 1.807) is 29.0 Å². The normalized spacial score (nSPS) is 13.9. The summed E-state index contributed by atoms with van der Waals surface area (Å²) in [6.07, 6.45) is 7.42. The van der Waals surface area contributed by atoms with Crippen LogP contribution >= 0.6 is 0 Å². The summed E-state index contributed by atoms with van der Waals surface area (Å²) in [4.78, 5) is 38.3. The molecule has 6 heteroatoms. The zero-order valence-electron chi connectivity index (χ0n) is 20.7. The second-order valence-electron chi connectivity index (χ2n) is 9.73. The Balaban J connectivity index is 1.46. The monoisotopic (exact) mass is 494 g/mol. The van der Waals surface area contributed by atoms with Gasteiger partial charge in [-0.3, -0.25) is 9.36 Å². The molecule has 0 atom stereocenters. The molecule has 0 bridgehead atoms. The molecule has 1 fully saturated rings. The molecule has 1 N–H and O–H groups in total. The Labute approximate surface area is 215 Å². The summed E-state index contributed by atoms with van der Waals surface area (Å²) in [5.41, 5.74) is 4.12. The van der Waals surface area contributed by atoms with Gasteiger partial charge >= 0.3 is 11.7 Å². The van der Waals surface area contributed by atoms with Gasteiger partial charge in [-0.15, -0.1) is 0 Å². The van der Waals surface area contributed by atoms with Crippen LogP contribution in [-0.2, 0) is 13.0 Å². The Morgan fingerprint density at radius 3 is 2.19 bits per heavy atom. The first-order valence-electron chi connectivity index (χ1n) is 12.8. The molecule has 6 nitrogen and oxygen atoms in total. The van der Waals surface area contributed by atoms with Gasteiger partial charge in [0.05, 0.1) is 18.5 Å². The molecule has 0 unspecified atom stereocenters. The van der Waals surface area contributed by atoms with E-state index in [1.807, 2.05) is 60.7 Å². The molecule has 1 aliphatic rings. The van der Waals surface area contributed by atoms with Crippen LogP contribution < -0.4 is 5.69 Å². The largest absolute Gasteiger partial charge is 0.478 e. The van der Waals surface area contributed by atoms with Gasteiger partial charge in [-0.1, -0.05) is 92.1 Å².